The Hall–Kier alpha value is -0.120. The Morgan fingerprint density at radius 3 is 2.62 bits per heavy atom. The van der Waals surface area contributed by atoms with Crippen molar-refractivity contribution in [2.24, 2.45) is 17.1 Å². The first-order valence-corrected chi connectivity index (χ1v) is 6.37. The summed E-state index contributed by atoms with van der Waals surface area (Å²) in [6.07, 6.45) is 1.62. The molecule has 0 aromatic rings. The summed E-state index contributed by atoms with van der Waals surface area (Å²) in [5.74, 6) is 0.680. The molecule has 3 unspecified atom stereocenters. The molecule has 3 nitrogen and oxygen atoms in total. The van der Waals surface area contributed by atoms with E-state index in [0.29, 0.717) is 12.0 Å². The first-order chi connectivity index (χ1) is 7.36. The monoisotopic (exact) mass is 228 g/mol. The van der Waals surface area contributed by atoms with E-state index in [4.69, 9.17) is 10.5 Å². The van der Waals surface area contributed by atoms with Crippen molar-refractivity contribution in [2.75, 3.05) is 26.7 Å². The third kappa shape index (κ3) is 3.44. The van der Waals surface area contributed by atoms with Crippen molar-refractivity contribution in [2.45, 2.75) is 46.3 Å². The number of nitrogens with two attached hydrogens (primary N) is 1. The van der Waals surface area contributed by atoms with Gasteiger partial charge in [-0.3, -0.25) is 0 Å². The Bertz CT molecular complexity index is 216. The molecule has 0 aliphatic carbocycles. The van der Waals surface area contributed by atoms with Crippen LogP contribution in [0.1, 0.15) is 34.1 Å². The lowest BCUT2D eigenvalue weighted by Gasteiger charge is -2.41. The van der Waals surface area contributed by atoms with Gasteiger partial charge in [-0.25, -0.2) is 0 Å². The number of rotatable bonds is 4. The van der Waals surface area contributed by atoms with Crippen LogP contribution in [-0.2, 0) is 4.74 Å². The quantitative estimate of drug-likeness (QED) is 0.796. The largest absolute Gasteiger partial charge is 0.380 e. The zero-order valence-corrected chi connectivity index (χ0v) is 11.5. The van der Waals surface area contributed by atoms with Crippen molar-refractivity contribution in [3.63, 3.8) is 0 Å². The molecule has 3 atom stereocenters. The molecule has 2 N–H and O–H groups in total. The van der Waals surface area contributed by atoms with Gasteiger partial charge in [-0.15, -0.1) is 0 Å². The Morgan fingerprint density at radius 1 is 1.50 bits per heavy atom. The smallest absolute Gasteiger partial charge is 0.0724 e. The first kappa shape index (κ1) is 13.9. The first-order valence-electron chi connectivity index (χ1n) is 6.37. The van der Waals surface area contributed by atoms with E-state index in [1.807, 2.05) is 7.11 Å². The molecule has 0 saturated carbocycles. The fourth-order valence-electron chi connectivity index (χ4n) is 2.27. The number of ether oxygens (including phenoxy) is 1. The normalized spacial score (nSPS) is 30.4. The highest BCUT2D eigenvalue weighted by atomic mass is 16.5. The van der Waals surface area contributed by atoms with E-state index in [1.165, 1.54) is 13.0 Å². The van der Waals surface area contributed by atoms with Gasteiger partial charge in [0.05, 0.1) is 6.10 Å². The highest BCUT2D eigenvalue weighted by molar-refractivity contribution is 4.85. The van der Waals surface area contributed by atoms with Gasteiger partial charge < -0.3 is 15.4 Å². The van der Waals surface area contributed by atoms with E-state index in [9.17, 15) is 0 Å². The Kier molecular flexibility index (Phi) is 4.77. The number of likely N-dealkylation sites (tertiary alicyclic amines) is 1. The minimum absolute atomic E-state index is 0.179. The minimum atomic E-state index is 0.179. The van der Waals surface area contributed by atoms with Crippen LogP contribution in [0.2, 0.25) is 0 Å². The van der Waals surface area contributed by atoms with Gasteiger partial charge in [-0.05, 0) is 31.2 Å². The van der Waals surface area contributed by atoms with Gasteiger partial charge >= 0.3 is 0 Å². The average molecular weight is 228 g/mol. The number of methoxy groups -OCH3 is 1. The number of piperidine rings is 1. The molecule has 3 heteroatoms. The van der Waals surface area contributed by atoms with Crippen molar-refractivity contribution in [3.8, 4) is 0 Å². The van der Waals surface area contributed by atoms with Gasteiger partial charge in [-0.2, -0.15) is 0 Å². The molecule has 1 fully saturated rings. The van der Waals surface area contributed by atoms with Gasteiger partial charge in [-0.1, -0.05) is 20.8 Å². The predicted molar refractivity (Wildman–Crippen MR) is 68.4 cm³/mol. The maximum absolute atomic E-state index is 6.02. The zero-order chi connectivity index (χ0) is 12.3. The van der Waals surface area contributed by atoms with E-state index >= 15 is 0 Å². The van der Waals surface area contributed by atoms with Crippen LogP contribution in [0.15, 0.2) is 0 Å². The topological polar surface area (TPSA) is 38.5 Å². The fraction of sp³-hybridized carbons (Fsp3) is 1.00. The summed E-state index contributed by atoms with van der Waals surface area (Å²) in [6.45, 7) is 12.2. The van der Waals surface area contributed by atoms with Crippen molar-refractivity contribution in [1.29, 1.82) is 0 Å². The molecule has 1 aliphatic heterocycles. The molecule has 0 aromatic carbocycles. The third-order valence-electron chi connectivity index (χ3n) is 4.14. The van der Waals surface area contributed by atoms with E-state index in [1.54, 1.807) is 0 Å². The van der Waals surface area contributed by atoms with Crippen LogP contribution in [-0.4, -0.2) is 43.8 Å². The SMILES string of the molecule is COC1CN(CC(C)(C)C(C)N)CCC1C. The van der Waals surface area contributed by atoms with Gasteiger partial charge in [0.1, 0.15) is 0 Å². The van der Waals surface area contributed by atoms with Crippen LogP contribution < -0.4 is 5.73 Å². The van der Waals surface area contributed by atoms with Crippen molar-refractivity contribution in [1.82, 2.24) is 4.90 Å². The second-order valence-corrected chi connectivity index (χ2v) is 6.05. The zero-order valence-electron chi connectivity index (χ0n) is 11.5. The number of hydrogen-bond donors (Lipinski definition) is 1. The molecule has 96 valence electrons. The van der Waals surface area contributed by atoms with E-state index in [2.05, 4.69) is 32.6 Å². The minimum Gasteiger partial charge on any atom is -0.380 e. The second kappa shape index (κ2) is 5.48. The summed E-state index contributed by atoms with van der Waals surface area (Å²) in [7, 11) is 1.82. The number of nitrogens with zero attached hydrogens (tertiary/aromatic N) is 1. The summed E-state index contributed by atoms with van der Waals surface area (Å²) in [5.41, 5.74) is 6.20. The maximum Gasteiger partial charge on any atom is 0.0724 e. The number of hydrogen-bond acceptors (Lipinski definition) is 3. The molecule has 1 aliphatic rings. The van der Waals surface area contributed by atoms with Crippen LogP contribution >= 0.6 is 0 Å². The lowest BCUT2D eigenvalue weighted by molar-refractivity contribution is -0.0166. The third-order valence-corrected chi connectivity index (χ3v) is 4.14. The predicted octanol–water partition coefficient (Wildman–Crippen LogP) is 1.72. The summed E-state index contributed by atoms with van der Waals surface area (Å²) in [5, 5.41) is 0. The van der Waals surface area contributed by atoms with E-state index < -0.39 is 0 Å². The fourth-order valence-corrected chi connectivity index (χ4v) is 2.27. The van der Waals surface area contributed by atoms with Crippen molar-refractivity contribution >= 4 is 0 Å². The Labute approximate surface area is 100 Å². The van der Waals surface area contributed by atoms with Crippen molar-refractivity contribution in [3.05, 3.63) is 0 Å². The second-order valence-electron chi connectivity index (χ2n) is 6.05. The molecular weight excluding hydrogens is 200 g/mol. The molecule has 1 saturated heterocycles. The molecular formula is C13H28N2O. The van der Waals surface area contributed by atoms with Crippen LogP contribution in [0.4, 0.5) is 0 Å². The molecule has 0 amide bonds. The maximum atomic E-state index is 6.02. The van der Waals surface area contributed by atoms with Crippen molar-refractivity contribution < 1.29 is 4.74 Å². The average Bonchev–Trinajstić information content (AvgIpc) is 2.20. The molecule has 16 heavy (non-hydrogen) atoms. The lowest BCUT2D eigenvalue weighted by atomic mass is 9.84. The summed E-state index contributed by atoms with van der Waals surface area (Å²) in [4.78, 5) is 2.50. The Balaban J connectivity index is 2.50. The van der Waals surface area contributed by atoms with E-state index in [0.717, 1.165) is 13.1 Å². The molecule has 0 bridgehead atoms. The summed E-state index contributed by atoms with van der Waals surface area (Å²) >= 11 is 0. The van der Waals surface area contributed by atoms with Crippen LogP contribution in [0.25, 0.3) is 0 Å². The highest BCUT2D eigenvalue weighted by Crippen LogP contribution is 2.25. The summed E-state index contributed by atoms with van der Waals surface area (Å²) < 4.78 is 5.54. The summed E-state index contributed by atoms with van der Waals surface area (Å²) in [6, 6.07) is 0.229. The van der Waals surface area contributed by atoms with Gasteiger partial charge in [0.25, 0.3) is 0 Å². The highest BCUT2D eigenvalue weighted by Gasteiger charge is 2.31. The Morgan fingerprint density at radius 2 is 2.12 bits per heavy atom. The van der Waals surface area contributed by atoms with E-state index in [-0.39, 0.29) is 11.5 Å². The molecule has 0 spiro atoms. The standard InChI is InChI=1S/C13H28N2O/c1-10-6-7-15(8-12(10)16-5)9-13(3,4)11(2)14/h10-12H,6-9,14H2,1-5H3. The molecule has 1 rings (SSSR count). The van der Waals surface area contributed by atoms with Crippen LogP contribution in [0.5, 0.6) is 0 Å². The molecule has 1 heterocycles. The molecule has 0 aromatic heterocycles. The van der Waals surface area contributed by atoms with Gasteiger partial charge in [0.15, 0.2) is 0 Å². The molecule has 0 radical (unpaired) electrons. The van der Waals surface area contributed by atoms with Gasteiger partial charge in [0, 0.05) is 26.2 Å². The van der Waals surface area contributed by atoms with Gasteiger partial charge in [0.2, 0.25) is 0 Å². The van der Waals surface area contributed by atoms with Crippen LogP contribution in [0, 0.1) is 11.3 Å². The van der Waals surface area contributed by atoms with Crippen LogP contribution in [0.3, 0.4) is 0 Å². The lowest BCUT2D eigenvalue weighted by Crippen LogP contribution is -2.50.